The van der Waals surface area contributed by atoms with Crippen LogP contribution in [0, 0.1) is 11.8 Å². The number of esters is 1. The number of halogens is 1. The molecule has 2 rings (SSSR count). The maximum absolute atomic E-state index is 11.2. The summed E-state index contributed by atoms with van der Waals surface area (Å²) >= 11 is 0. The van der Waals surface area contributed by atoms with E-state index in [0.29, 0.717) is 12.6 Å². The zero-order valence-electron chi connectivity index (χ0n) is 13.9. The van der Waals surface area contributed by atoms with Crippen molar-refractivity contribution in [3.63, 3.8) is 0 Å². The second-order valence-electron chi connectivity index (χ2n) is 6.31. The number of ether oxygens (including phenoxy) is 1. The van der Waals surface area contributed by atoms with E-state index in [1.54, 1.807) is 0 Å². The van der Waals surface area contributed by atoms with Crippen molar-refractivity contribution in [2.75, 3.05) is 6.61 Å². The number of carboxylic acid groups (broad SMARTS) is 1. The summed E-state index contributed by atoms with van der Waals surface area (Å²) in [7, 11) is 0. The average Bonchev–Trinajstić information content (AvgIpc) is 2.49. The maximum atomic E-state index is 11.2. The van der Waals surface area contributed by atoms with Crippen LogP contribution in [0.1, 0.15) is 58.3 Å². The van der Waals surface area contributed by atoms with E-state index < -0.39 is 5.97 Å². The summed E-state index contributed by atoms with van der Waals surface area (Å²) in [6, 6.07) is 0.547. The van der Waals surface area contributed by atoms with Gasteiger partial charge in [-0.15, -0.1) is 12.4 Å². The Hall–Kier alpha value is -0.850. The monoisotopic (exact) mass is 350 g/mol. The van der Waals surface area contributed by atoms with E-state index in [2.05, 4.69) is 0 Å². The van der Waals surface area contributed by atoms with Crippen LogP contribution in [0.3, 0.4) is 0 Å². The van der Waals surface area contributed by atoms with Crippen LogP contribution in [0.5, 0.6) is 0 Å². The van der Waals surface area contributed by atoms with Crippen molar-refractivity contribution in [2.24, 2.45) is 23.3 Å². The van der Waals surface area contributed by atoms with Crippen LogP contribution in [-0.2, 0) is 14.3 Å². The molecule has 2 fully saturated rings. The smallest absolute Gasteiger partial charge is 0.308 e. The number of aliphatic carboxylic acids is 1. The first kappa shape index (κ1) is 22.1. The number of carbonyl (C=O) groups is 2. The lowest BCUT2D eigenvalue weighted by atomic mass is 9.86. The Balaban J connectivity index is 0.000000409. The summed E-state index contributed by atoms with van der Waals surface area (Å²) in [5.41, 5.74) is 11.3. The first-order chi connectivity index (χ1) is 10.4. The van der Waals surface area contributed by atoms with Gasteiger partial charge in [-0.25, -0.2) is 0 Å². The Morgan fingerprint density at radius 1 is 0.913 bits per heavy atom. The van der Waals surface area contributed by atoms with Crippen LogP contribution in [-0.4, -0.2) is 35.7 Å². The van der Waals surface area contributed by atoms with Gasteiger partial charge in [-0.05, 0) is 58.3 Å². The first-order valence-corrected chi connectivity index (χ1v) is 8.34. The van der Waals surface area contributed by atoms with Gasteiger partial charge in [-0.3, -0.25) is 9.59 Å². The molecule has 0 bridgehead atoms. The molecule has 2 saturated carbocycles. The summed E-state index contributed by atoms with van der Waals surface area (Å²) in [6.45, 7) is 2.33. The van der Waals surface area contributed by atoms with E-state index in [1.807, 2.05) is 6.92 Å². The van der Waals surface area contributed by atoms with Crippen molar-refractivity contribution >= 4 is 24.3 Å². The third kappa shape index (κ3) is 8.53. The second-order valence-corrected chi connectivity index (χ2v) is 6.31. The molecule has 0 aliphatic heterocycles. The molecular weight excluding hydrogens is 320 g/mol. The van der Waals surface area contributed by atoms with Gasteiger partial charge in [0.2, 0.25) is 0 Å². The lowest BCUT2D eigenvalue weighted by Crippen LogP contribution is -2.30. The van der Waals surface area contributed by atoms with Crippen LogP contribution in [0.2, 0.25) is 0 Å². The molecule has 0 aromatic heterocycles. The average molecular weight is 351 g/mol. The summed E-state index contributed by atoms with van der Waals surface area (Å²) in [5.74, 6) is -0.708. The Kier molecular flexibility index (Phi) is 11.2. The second kappa shape index (κ2) is 11.6. The molecular formula is C16H31ClN2O4. The van der Waals surface area contributed by atoms with Crippen LogP contribution >= 0.6 is 12.4 Å². The molecule has 0 unspecified atom stereocenters. The van der Waals surface area contributed by atoms with E-state index >= 15 is 0 Å². The van der Waals surface area contributed by atoms with Gasteiger partial charge in [-0.1, -0.05) is 0 Å². The lowest BCUT2D eigenvalue weighted by molar-refractivity contribution is -0.149. The van der Waals surface area contributed by atoms with Gasteiger partial charge in [0.1, 0.15) is 0 Å². The van der Waals surface area contributed by atoms with Crippen molar-refractivity contribution in [3.05, 3.63) is 0 Å². The van der Waals surface area contributed by atoms with E-state index in [9.17, 15) is 9.59 Å². The highest BCUT2D eigenvalue weighted by atomic mass is 35.5. The highest BCUT2D eigenvalue weighted by Gasteiger charge is 2.25. The normalized spacial score (nSPS) is 30.2. The number of nitrogens with two attached hydrogens (primary N) is 2. The number of carboxylic acids is 1. The molecule has 5 N–H and O–H groups in total. The van der Waals surface area contributed by atoms with Crippen LogP contribution in [0.4, 0.5) is 0 Å². The molecule has 136 valence electrons. The van der Waals surface area contributed by atoms with E-state index in [4.69, 9.17) is 21.3 Å². The quantitative estimate of drug-likeness (QED) is 0.671. The van der Waals surface area contributed by atoms with Gasteiger partial charge in [0, 0.05) is 12.1 Å². The molecule has 0 heterocycles. The Morgan fingerprint density at radius 3 is 1.65 bits per heavy atom. The van der Waals surface area contributed by atoms with Crippen LogP contribution < -0.4 is 11.5 Å². The number of rotatable bonds is 3. The Bertz CT molecular complexity index is 352. The van der Waals surface area contributed by atoms with Gasteiger partial charge in [0.05, 0.1) is 18.4 Å². The summed E-state index contributed by atoms with van der Waals surface area (Å²) in [4.78, 5) is 21.7. The Morgan fingerprint density at radius 2 is 1.30 bits per heavy atom. The zero-order chi connectivity index (χ0) is 16.5. The molecule has 2 aliphatic rings. The fourth-order valence-electron chi connectivity index (χ4n) is 2.98. The molecule has 0 aromatic carbocycles. The van der Waals surface area contributed by atoms with E-state index in [1.165, 1.54) is 0 Å². The van der Waals surface area contributed by atoms with Crippen molar-refractivity contribution in [2.45, 2.75) is 70.4 Å². The maximum Gasteiger partial charge on any atom is 0.308 e. The predicted molar refractivity (Wildman–Crippen MR) is 91.4 cm³/mol. The SMILES string of the molecule is CCOC(=O)C1CCC(N)CC1.Cl.NC1CCC(C(=O)O)CC1. The highest BCUT2D eigenvalue weighted by Crippen LogP contribution is 2.24. The summed E-state index contributed by atoms with van der Waals surface area (Å²) in [6.07, 6.45) is 6.99. The highest BCUT2D eigenvalue weighted by molar-refractivity contribution is 5.85. The minimum Gasteiger partial charge on any atom is -0.481 e. The third-order valence-corrected chi connectivity index (χ3v) is 4.51. The molecule has 0 aromatic rings. The summed E-state index contributed by atoms with van der Waals surface area (Å²) < 4.78 is 4.94. The fraction of sp³-hybridized carbons (Fsp3) is 0.875. The Labute approximate surface area is 144 Å². The van der Waals surface area contributed by atoms with Crippen molar-refractivity contribution < 1.29 is 19.4 Å². The van der Waals surface area contributed by atoms with Crippen LogP contribution in [0.15, 0.2) is 0 Å². The van der Waals surface area contributed by atoms with Gasteiger partial charge >= 0.3 is 11.9 Å². The van der Waals surface area contributed by atoms with Gasteiger partial charge in [-0.2, -0.15) is 0 Å². The summed E-state index contributed by atoms with van der Waals surface area (Å²) in [5, 5.41) is 8.58. The number of hydrogen-bond acceptors (Lipinski definition) is 5. The molecule has 6 nitrogen and oxygen atoms in total. The molecule has 0 atom stereocenters. The zero-order valence-corrected chi connectivity index (χ0v) is 14.7. The third-order valence-electron chi connectivity index (χ3n) is 4.51. The van der Waals surface area contributed by atoms with E-state index in [0.717, 1.165) is 51.4 Å². The topological polar surface area (TPSA) is 116 Å². The molecule has 2 aliphatic carbocycles. The van der Waals surface area contributed by atoms with Gasteiger partial charge in [0.15, 0.2) is 0 Å². The number of hydrogen-bond donors (Lipinski definition) is 3. The first-order valence-electron chi connectivity index (χ1n) is 8.34. The minimum atomic E-state index is -0.660. The van der Waals surface area contributed by atoms with Crippen LogP contribution in [0.25, 0.3) is 0 Å². The van der Waals surface area contributed by atoms with E-state index in [-0.39, 0.29) is 36.3 Å². The van der Waals surface area contributed by atoms with Crippen molar-refractivity contribution in [3.8, 4) is 0 Å². The largest absolute Gasteiger partial charge is 0.481 e. The molecule has 0 amide bonds. The lowest BCUT2D eigenvalue weighted by Gasteiger charge is -2.24. The van der Waals surface area contributed by atoms with Crippen molar-refractivity contribution in [1.29, 1.82) is 0 Å². The number of carbonyl (C=O) groups excluding carboxylic acids is 1. The minimum absolute atomic E-state index is 0. The standard InChI is InChI=1S/C9H17NO2.C7H13NO2.ClH/c1-2-12-9(11)7-3-5-8(10)6-4-7;8-6-3-1-5(2-4-6)7(9)10;/h7-8H,2-6,10H2,1H3;5-6H,1-4,8H2,(H,9,10);1H. The molecule has 0 radical (unpaired) electrons. The molecule has 23 heavy (non-hydrogen) atoms. The predicted octanol–water partition coefficient (Wildman–Crippen LogP) is 2.08. The van der Waals surface area contributed by atoms with Crippen molar-refractivity contribution in [1.82, 2.24) is 0 Å². The fourth-order valence-corrected chi connectivity index (χ4v) is 2.98. The molecule has 7 heteroatoms. The van der Waals surface area contributed by atoms with Gasteiger partial charge < -0.3 is 21.3 Å². The molecule has 0 spiro atoms. The molecule has 0 saturated heterocycles. The van der Waals surface area contributed by atoms with Gasteiger partial charge in [0.25, 0.3) is 0 Å².